The van der Waals surface area contributed by atoms with Gasteiger partial charge in [-0.05, 0) is 73.7 Å². The molecule has 0 atom stereocenters. The van der Waals surface area contributed by atoms with Gasteiger partial charge in [-0.25, -0.2) is 8.42 Å². The second-order valence-electron chi connectivity index (χ2n) is 7.37. The highest BCUT2D eigenvalue weighted by Gasteiger charge is 2.20. The van der Waals surface area contributed by atoms with E-state index in [2.05, 4.69) is 10.0 Å². The molecular weight excluding hydrogens is 396 g/mol. The molecule has 5 nitrogen and oxygen atoms in total. The largest absolute Gasteiger partial charge is 0.322 e. The second kappa shape index (κ2) is 8.71. The molecule has 0 aliphatic heterocycles. The van der Waals surface area contributed by atoms with Crippen molar-refractivity contribution in [2.45, 2.75) is 39.0 Å². The Labute approximate surface area is 178 Å². The van der Waals surface area contributed by atoms with Crippen LogP contribution in [-0.4, -0.2) is 14.3 Å². The molecule has 6 heteroatoms. The van der Waals surface area contributed by atoms with Gasteiger partial charge in [0.25, 0.3) is 15.9 Å². The smallest absolute Gasteiger partial charge is 0.262 e. The molecule has 3 aromatic rings. The van der Waals surface area contributed by atoms with Crippen molar-refractivity contribution in [1.82, 2.24) is 0 Å². The molecule has 0 saturated heterocycles. The maximum absolute atomic E-state index is 13.1. The first-order valence-corrected chi connectivity index (χ1v) is 11.3. The number of benzene rings is 3. The third-order valence-electron chi connectivity index (χ3n) is 5.02. The Morgan fingerprint density at radius 3 is 2.30 bits per heavy atom. The lowest BCUT2D eigenvalue weighted by Crippen LogP contribution is -2.18. The summed E-state index contributed by atoms with van der Waals surface area (Å²) in [7, 11) is -3.85. The van der Waals surface area contributed by atoms with Crippen molar-refractivity contribution < 1.29 is 13.2 Å². The van der Waals surface area contributed by atoms with Gasteiger partial charge in [0.15, 0.2) is 0 Å². The average Bonchev–Trinajstić information content (AvgIpc) is 2.71. The molecule has 3 aromatic carbocycles. The number of para-hydroxylation sites is 1. The number of carbonyl (C=O) groups is 1. The lowest BCUT2D eigenvalue weighted by atomic mass is 10.1. The maximum atomic E-state index is 13.1. The van der Waals surface area contributed by atoms with Crippen LogP contribution in [0.25, 0.3) is 0 Å². The molecule has 1 amide bonds. The van der Waals surface area contributed by atoms with Crippen LogP contribution in [0.3, 0.4) is 0 Å². The molecule has 0 spiro atoms. The zero-order chi connectivity index (χ0) is 21.9. The summed E-state index contributed by atoms with van der Waals surface area (Å²) in [6, 6.07) is 17.9. The van der Waals surface area contributed by atoms with Crippen LogP contribution < -0.4 is 10.0 Å². The van der Waals surface area contributed by atoms with Crippen LogP contribution >= 0.6 is 0 Å². The van der Waals surface area contributed by atoms with E-state index in [1.54, 1.807) is 25.1 Å². The highest BCUT2D eigenvalue weighted by atomic mass is 32.2. The number of nitrogens with one attached hydrogen (secondary N) is 2. The standard InChI is InChI=1S/C24H26N2O3S/c1-5-19-8-6-7-9-21(19)25-24(27)20-13-12-18(4)23(15-20)30(28,29)26-22-14-16(2)10-11-17(22)3/h6-15,26H,5H2,1-4H3,(H,25,27). The molecule has 0 unspecified atom stereocenters. The van der Waals surface area contributed by atoms with E-state index in [0.717, 1.165) is 28.8 Å². The minimum absolute atomic E-state index is 0.0832. The predicted octanol–water partition coefficient (Wildman–Crippen LogP) is 5.23. The summed E-state index contributed by atoms with van der Waals surface area (Å²) in [6.45, 7) is 7.48. The van der Waals surface area contributed by atoms with E-state index in [0.29, 0.717) is 11.3 Å². The van der Waals surface area contributed by atoms with Crippen LogP contribution in [0.5, 0.6) is 0 Å². The summed E-state index contributed by atoms with van der Waals surface area (Å²) in [5.41, 5.74) is 4.91. The SMILES string of the molecule is CCc1ccccc1NC(=O)c1ccc(C)c(S(=O)(=O)Nc2cc(C)ccc2C)c1. The number of hydrogen-bond acceptors (Lipinski definition) is 3. The van der Waals surface area contributed by atoms with E-state index < -0.39 is 10.0 Å². The van der Waals surface area contributed by atoms with Crippen LogP contribution in [0, 0.1) is 20.8 Å². The van der Waals surface area contributed by atoms with Crippen LogP contribution in [0.2, 0.25) is 0 Å². The third kappa shape index (κ3) is 4.71. The first-order chi connectivity index (χ1) is 14.2. The number of rotatable bonds is 6. The Balaban J connectivity index is 1.92. The lowest BCUT2D eigenvalue weighted by molar-refractivity contribution is 0.102. The van der Waals surface area contributed by atoms with E-state index in [9.17, 15) is 13.2 Å². The monoisotopic (exact) mass is 422 g/mol. The molecule has 0 radical (unpaired) electrons. The molecule has 0 aliphatic carbocycles. The van der Waals surface area contributed by atoms with Gasteiger partial charge in [0, 0.05) is 11.3 Å². The van der Waals surface area contributed by atoms with Crippen LogP contribution in [0.4, 0.5) is 11.4 Å². The highest BCUT2D eigenvalue weighted by Crippen LogP contribution is 2.24. The molecular formula is C24H26N2O3S. The number of aryl methyl sites for hydroxylation is 4. The van der Waals surface area contributed by atoms with Gasteiger partial charge < -0.3 is 5.32 Å². The topological polar surface area (TPSA) is 75.3 Å². The molecule has 0 aromatic heterocycles. The molecule has 156 valence electrons. The van der Waals surface area contributed by atoms with Crippen LogP contribution in [0.1, 0.15) is 39.5 Å². The quantitative estimate of drug-likeness (QED) is 0.571. The van der Waals surface area contributed by atoms with E-state index >= 15 is 0 Å². The molecule has 3 rings (SSSR count). The van der Waals surface area contributed by atoms with Crippen molar-refractivity contribution >= 4 is 27.3 Å². The number of hydrogen-bond donors (Lipinski definition) is 2. The molecule has 0 fully saturated rings. The van der Waals surface area contributed by atoms with E-state index in [-0.39, 0.29) is 16.4 Å². The first-order valence-electron chi connectivity index (χ1n) is 9.81. The summed E-state index contributed by atoms with van der Waals surface area (Å²) in [5, 5.41) is 2.89. The summed E-state index contributed by atoms with van der Waals surface area (Å²) in [5.74, 6) is -0.348. The summed E-state index contributed by atoms with van der Waals surface area (Å²) < 4.78 is 28.8. The Morgan fingerprint density at radius 1 is 0.867 bits per heavy atom. The van der Waals surface area contributed by atoms with Gasteiger partial charge in [0.2, 0.25) is 0 Å². The number of anilines is 2. The van der Waals surface area contributed by atoms with Gasteiger partial charge in [0.1, 0.15) is 0 Å². The van der Waals surface area contributed by atoms with Crippen molar-refractivity contribution in [2.75, 3.05) is 10.0 Å². The molecule has 0 aliphatic rings. The van der Waals surface area contributed by atoms with Crippen LogP contribution in [-0.2, 0) is 16.4 Å². The van der Waals surface area contributed by atoms with E-state index in [4.69, 9.17) is 0 Å². The number of carbonyl (C=O) groups excluding carboxylic acids is 1. The molecule has 0 heterocycles. The predicted molar refractivity (Wildman–Crippen MR) is 122 cm³/mol. The zero-order valence-corrected chi connectivity index (χ0v) is 18.4. The fraction of sp³-hybridized carbons (Fsp3) is 0.208. The number of amides is 1. The minimum Gasteiger partial charge on any atom is -0.322 e. The molecule has 30 heavy (non-hydrogen) atoms. The average molecular weight is 423 g/mol. The van der Waals surface area contributed by atoms with Crippen molar-refractivity contribution in [3.05, 3.63) is 88.5 Å². The Morgan fingerprint density at radius 2 is 1.57 bits per heavy atom. The van der Waals surface area contributed by atoms with Crippen LogP contribution in [0.15, 0.2) is 65.6 Å². The third-order valence-corrected chi connectivity index (χ3v) is 6.53. The summed E-state index contributed by atoms with van der Waals surface area (Å²) in [6.07, 6.45) is 0.781. The van der Waals surface area contributed by atoms with Crippen molar-refractivity contribution in [1.29, 1.82) is 0 Å². The molecule has 0 bridgehead atoms. The maximum Gasteiger partial charge on any atom is 0.262 e. The summed E-state index contributed by atoms with van der Waals surface area (Å²) >= 11 is 0. The lowest BCUT2D eigenvalue weighted by Gasteiger charge is -2.15. The van der Waals surface area contributed by atoms with Gasteiger partial charge in [0.05, 0.1) is 10.6 Å². The van der Waals surface area contributed by atoms with Gasteiger partial charge in [-0.1, -0.05) is 43.3 Å². The number of sulfonamides is 1. The second-order valence-corrected chi connectivity index (χ2v) is 9.02. The van der Waals surface area contributed by atoms with Gasteiger partial charge >= 0.3 is 0 Å². The van der Waals surface area contributed by atoms with Crippen molar-refractivity contribution in [2.24, 2.45) is 0 Å². The molecule has 0 saturated carbocycles. The van der Waals surface area contributed by atoms with Gasteiger partial charge in [-0.3, -0.25) is 9.52 Å². The highest BCUT2D eigenvalue weighted by molar-refractivity contribution is 7.92. The summed E-state index contributed by atoms with van der Waals surface area (Å²) in [4.78, 5) is 12.9. The normalized spacial score (nSPS) is 11.2. The van der Waals surface area contributed by atoms with Gasteiger partial charge in [-0.15, -0.1) is 0 Å². The zero-order valence-electron chi connectivity index (χ0n) is 17.6. The van der Waals surface area contributed by atoms with Gasteiger partial charge in [-0.2, -0.15) is 0 Å². The molecule has 2 N–H and O–H groups in total. The first kappa shape index (κ1) is 21.6. The Bertz CT molecular complexity index is 1200. The fourth-order valence-electron chi connectivity index (χ4n) is 3.22. The van der Waals surface area contributed by atoms with E-state index in [1.807, 2.05) is 57.2 Å². The Kier molecular flexibility index (Phi) is 6.27. The Hall–Kier alpha value is -3.12. The van der Waals surface area contributed by atoms with Crippen molar-refractivity contribution in [3.8, 4) is 0 Å². The van der Waals surface area contributed by atoms with E-state index in [1.165, 1.54) is 6.07 Å². The minimum atomic E-state index is -3.85. The van der Waals surface area contributed by atoms with Crippen molar-refractivity contribution in [3.63, 3.8) is 0 Å². The fourth-order valence-corrected chi connectivity index (χ4v) is 4.61.